The third-order valence-corrected chi connectivity index (χ3v) is 7.48. The molecule has 0 radical (unpaired) electrons. The van der Waals surface area contributed by atoms with Crippen LogP contribution in [0.5, 0.6) is 0 Å². The van der Waals surface area contributed by atoms with E-state index in [0.717, 1.165) is 54.1 Å². The van der Waals surface area contributed by atoms with Crippen LogP contribution >= 0.6 is 0 Å². The molecule has 0 aliphatic carbocycles. The Kier molecular flexibility index (Phi) is 10.1. The Balaban J connectivity index is 1.75. The van der Waals surface area contributed by atoms with E-state index in [9.17, 15) is 9.59 Å². The summed E-state index contributed by atoms with van der Waals surface area (Å²) in [7, 11) is 5.85. The minimum Gasteiger partial charge on any atom is -0.378 e. The summed E-state index contributed by atoms with van der Waals surface area (Å²) in [6.07, 6.45) is 3.62. The van der Waals surface area contributed by atoms with Crippen LogP contribution in [0.2, 0.25) is 0 Å². The van der Waals surface area contributed by atoms with Crippen molar-refractivity contribution in [3.05, 3.63) is 53.9 Å². The zero-order valence-corrected chi connectivity index (χ0v) is 24.3. The summed E-state index contributed by atoms with van der Waals surface area (Å²) in [5.41, 5.74) is 5.16. The number of aromatic nitrogens is 2. The van der Waals surface area contributed by atoms with Crippen LogP contribution in [-0.4, -0.2) is 83.6 Å². The smallest absolute Gasteiger partial charge is 0.227 e. The van der Waals surface area contributed by atoms with Crippen molar-refractivity contribution >= 4 is 17.5 Å². The predicted molar refractivity (Wildman–Crippen MR) is 154 cm³/mol. The highest BCUT2D eigenvalue weighted by molar-refractivity contribution is 5.81. The number of hydrogen-bond donors (Lipinski definition) is 1. The molecule has 8 nitrogen and oxygen atoms in total. The maximum atomic E-state index is 13.2. The van der Waals surface area contributed by atoms with Crippen molar-refractivity contribution in [3.8, 4) is 5.69 Å². The van der Waals surface area contributed by atoms with Gasteiger partial charge in [0.25, 0.3) is 0 Å². The van der Waals surface area contributed by atoms with E-state index < -0.39 is 0 Å². The molecule has 0 spiro atoms. The zero-order chi connectivity index (χ0) is 28.0. The summed E-state index contributed by atoms with van der Waals surface area (Å²) in [5.74, 6) is 0.226. The van der Waals surface area contributed by atoms with E-state index in [2.05, 4.69) is 61.1 Å². The molecule has 3 rings (SSSR count). The number of nitrogens with zero attached hydrogens (tertiary/aromatic N) is 5. The van der Waals surface area contributed by atoms with E-state index >= 15 is 0 Å². The fraction of sp³-hybridized carbons (Fsp3) is 0.567. The molecule has 1 aliphatic heterocycles. The minimum absolute atomic E-state index is 0.0270. The molecule has 1 N–H and O–H groups in total. The molecule has 1 fully saturated rings. The number of hydrogen-bond acceptors (Lipinski definition) is 5. The molecule has 2 atom stereocenters. The summed E-state index contributed by atoms with van der Waals surface area (Å²) in [6.45, 7) is 15.7. The zero-order valence-electron chi connectivity index (χ0n) is 24.3. The molecule has 0 saturated carbocycles. The Morgan fingerprint density at radius 3 is 2.47 bits per heavy atom. The first-order valence-electron chi connectivity index (χ1n) is 13.7. The normalized spacial score (nSPS) is 20.2. The van der Waals surface area contributed by atoms with E-state index in [1.165, 1.54) is 0 Å². The molecule has 1 aliphatic rings. The molecule has 0 bridgehead atoms. The lowest BCUT2D eigenvalue weighted by molar-refractivity contribution is -0.135. The van der Waals surface area contributed by atoms with Gasteiger partial charge in [-0.3, -0.25) is 14.5 Å². The van der Waals surface area contributed by atoms with Gasteiger partial charge in [0.15, 0.2) is 0 Å². The molecule has 1 aromatic carbocycles. The molecule has 2 aromatic rings. The quantitative estimate of drug-likeness (QED) is 0.599. The minimum atomic E-state index is -0.189. The Labute approximate surface area is 228 Å². The molecular formula is C30H46N6O2. The van der Waals surface area contributed by atoms with Crippen LogP contribution in [0.3, 0.4) is 0 Å². The molecule has 1 unspecified atom stereocenters. The van der Waals surface area contributed by atoms with Crippen LogP contribution in [0, 0.1) is 24.7 Å². The van der Waals surface area contributed by atoms with Crippen molar-refractivity contribution in [1.29, 1.82) is 0 Å². The Morgan fingerprint density at radius 1 is 1.16 bits per heavy atom. The first kappa shape index (κ1) is 29.4. The van der Waals surface area contributed by atoms with Crippen molar-refractivity contribution < 1.29 is 9.59 Å². The maximum Gasteiger partial charge on any atom is 0.227 e. The highest BCUT2D eigenvalue weighted by atomic mass is 16.2. The second kappa shape index (κ2) is 13.1. The van der Waals surface area contributed by atoms with Gasteiger partial charge in [-0.25, -0.2) is 4.68 Å². The average molecular weight is 523 g/mol. The Morgan fingerprint density at radius 2 is 1.84 bits per heavy atom. The molecule has 8 heteroatoms. The average Bonchev–Trinajstić information content (AvgIpc) is 3.25. The lowest BCUT2D eigenvalue weighted by Gasteiger charge is -2.30. The molecular weight excluding hydrogens is 476 g/mol. The number of aryl methyl sites for hydroxylation is 1. The lowest BCUT2D eigenvalue weighted by Crippen LogP contribution is -2.45. The van der Waals surface area contributed by atoms with Gasteiger partial charge in [-0.1, -0.05) is 39.5 Å². The first-order valence-corrected chi connectivity index (χ1v) is 13.7. The number of benzene rings is 1. The summed E-state index contributed by atoms with van der Waals surface area (Å²) in [5, 5.41) is 7.82. The lowest BCUT2D eigenvalue weighted by atomic mass is 9.95. The summed E-state index contributed by atoms with van der Waals surface area (Å²) < 4.78 is 1.92. The highest BCUT2D eigenvalue weighted by Crippen LogP contribution is 2.20. The topological polar surface area (TPSA) is 73.7 Å². The number of rotatable bonds is 7. The third kappa shape index (κ3) is 7.69. The van der Waals surface area contributed by atoms with E-state index in [1.807, 2.05) is 49.5 Å². The molecule has 2 heterocycles. The molecule has 1 saturated heterocycles. The van der Waals surface area contributed by atoms with Crippen molar-refractivity contribution in [2.24, 2.45) is 17.8 Å². The largest absolute Gasteiger partial charge is 0.378 e. The van der Waals surface area contributed by atoms with E-state index in [1.54, 1.807) is 0 Å². The van der Waals surface area contributed by atoms with Gasteiger partial charge in [-0.05, 0) is 49.9 Å². The van der Waals surface area contributed by atoms with E-state index in [-0.39, 0.29) is 23.7 Å². The van der Waals surface area contributed by atoms with Gasteiger partial charge in [-0.2, -0.15) is 5.10 Å². The van der Waals surface area contributed by atoms with Gasteiger partial charge in [0.1, 0.15) is 0 Å². The van der Waals surface area contributed by atoms with Gasteiger partial charge in [0, 0.05) is 70.7 Å². The van der Waals surface area contributed by atoms with Gasteiger partial charge < -0.3 is 15.1 Å². The fourth-order valence-corrected chi connectivity index (χ4v) is 4.82. The second-order valence-corrected chi connectivity index (χ2v) is 11.4. The molecule has 2 amide bonds. The van der Waals surface area contributed by atoms with Crippen molar-refractivity contribution in [2.75, 3.05) is 47.3 Å². The third-order valence-electron chi connectivity index (χ3n) is 7.48. The Hall–Kier alpha value is -3.13. The van der Waals surface area contributed by atoms with Crippen LogP contribution in [0.15, 0.2) is 37.0 Å². The van der Waals surface area contributed by atoms with E-state index in [0.29, 0.717) is 25.6 Å². The van der Waals surface area contributed by atoms with Crippen molar-refractivity contribution in [3.63, 3.8) is 0 Å². The van der Waals surface area contributed by atoms with Crippen LogP contribution in [0.25, 0.3) is 11.4 Å². The number of carbonyl (C=O) groups is 2. The monoisotopic (exact) mass is 522 g/mol. The van der Waals surface area contributed by atoms with Crippen LogP contribution in [-0.2, 0) is 16.1 Å². The molecule has 1 aromatic heterocycles. The summed E-state index contributed by atoms with van der Waals surface area (Å²) >= 11 is 0. The van der Waals surface area contributed by atoms with Crippen LogP contribution < -0.4 is 5.32 Å². The number of amides is 2. The Bertz CT molecular complexity index is 1100. The van der Waals surface area contributed by atoms with Crippen LogP contribution in [0.4, 0.5) is 0 Å². The van der Waals surface area contributed by atoms with Gasteiger partial charge >= 0.3 is 0 Å². The number of carbonyl (C=O) groups excluding carboxylic acids is 2. The summed E-state index contributed by atoms with van der Waals surface area (Å²) in [6, 6.07) is 8.25. The predicted octanol–water partition coefficient (Wildman–Crippen LogP) is 3.79. The van der Waals surface area contributed by atoms with Gasteiger partial charge in [-0.15, -0.1) is 0 Å². The number of likely N-dealkylation sites (N-methyl/N-ethyl adjacent to an activating group) is 1. The van der Waals surface area contributed by atoms with Gasteiger partial charge in [0.05, 0.1) is 17.3 Å². The maximum absolute atomic E-state index is 13.2. The van der Waals surface area contributed by atoms with Crippen LogP contribution in [0.1, 0.15) is 50.4 Å². The highest BCUT2D eigenvalue weighted by Gasteiger charge is 2.26. The van der Waals surface area contributed by atoms with Gasteiger partial charge in [0.2, 0.25) is 11.8 Å². The first-order chi connectivity index (χ1) is 18.0. The van der Waals surface area contributed by atoms with E-state index in [4.69, 9.17) is 5.10 Å². The second-order valence-electron chi connectivity index (χ2n) is 11.4. The fourth-order valence-electron chi connectivity index (χ4n) is 4.82. The standard InChI is InChI=1S/C30H46N6O2/c1-21(2)17-26-18-31-29(37)22(3)13-14-35(16-15-34(8)30(26)38)19-27-20-36(32-23(27)4)28-11-9-25(10-12-28)24(5)33(6)7/h9-12,20-22,26H,5,13-19H2,1-4,6-8H3,(H,31,37)/t22?,26-/m1/s1. The van der Waals surface area contributed by atoms with Crippen molar-refractivity contribution in [1.82, 2.24) is 29.8 Å². The van der Waals surface area contributed by atoms with Crippen molar-refractivity contribution in [2.45, 2.75) is 47.1 Å². The SMILES string of the molecule is C=C(c1ccc(-n2cc(CN3CCC(C)C(=O)NC[C@@H](CC(C)C)C(=O)N(C)CC3)c(C)n2)cc1)N(C)C. The molecule has 208 valence electrons. The molecule has 38 heavy (non-hydrogen) atoms. The number of nitrogens with one attached hydrogen (secondary N) is 1. The summed E-state index contributed by atoms with van der Waals surface area (Å²) in [4.78, 5) is 32.1.